The number of aromatic nitrogens is 2. The van der Waals surface area contributed by atoms with Crippen molar-refractivity contribution in [2.75, 3.05) is 5.75 Å². The largest absolute Gasteiger partial charge is 0.391 e. The fourth-order valence-corrected chi connectivity index (χ4v) is 3.41. The first-order valence-electron chi connectivity index (χ1n) is 7.60. The molecule has 0 bridgehead atoms. The van der Waals surface area contributed by atoms with Crippen LogP contribution in [0.5, 0.6) is 0 Å². The molecule has 0 unspecified atom stereocenters. The van der Waals surface area contributed by atoms with E-state index in [0.29, 0.717) is 0 Å². The first kappa shape index (κ1) is 17.6. The molecular weight excluding hydrogens is 310 g/mol. The number of primary amides is 1. The molecule has 1 heterocycles. The summed E-state index contributed by atoms with van der Waals surface area (Å²) in [6.45, 7) is 5.95. The summed E-state index contributed by atoms with van der Waals surface area (Å²) in [6.07, 6.45) is 3.38. The Morgan fingerprint density at radius 3 is 2.70 bits per heavy atom. The summed E-state index contributed by atoms with van der Waals surface area (Å²) in [6, 6.07) is 6.29. The Kier molecular flexibility index (Phi) is 5.85. The van der Waals surface area contributed by atoms with Gasteiger partial charge in [0.2, 0.25) is 0 Å². The first-order chi connectivity index (χ1) is 10.9. The minimum absolute atomic E-state index is 0.130. The predicted octanol–water partition coefficient (Wildman–Crippen LogP) is 2.70. The van der Waals surface area contributed by atoms with Crippen molar-refractivity contribution in [3.8, 4) is 0 Å². The number of carbonyl (C=O) groups excluding carboxylic acids is 1. The third-order valence-corrected chi connectivity index (χ3v) is 4.98. The molecule has 1 aromatic carbocycles. The zero-order chi connectivity index (χ0) is 17.0. The van der Waals surface area contributed by atoms with E-state index in [1.165, 1.54) is 16.0 Å². The van der Waals surface area contributed by atoms with Gasteiger partial charge in [-0.15, -0.1) is 11.8 Å². The van der Waals surface area contributed by atoms with Crippen molar-refractivity contribution >= 4 is 17.7 Å². The number of hydrogen-bond acceptors (Lipinski definition) is 4. The highest BCUT2D eigenvalue weighted by Crippen LogP contribution is 2.25. The number of nitrogens with two attached hydrogens (primary N) is 1. The number of rotatable bonds is 7. The van der Waals surface area contributed by atoms with Gasteiger partial charge in [-0.05, 0) is 50.5 Å². The van der Waals surface area contributed by atoms with E-state index < -0.39 is 12.0 Å². The molecule has 0 fully saturated rings. The number of benzene rings is 1. The normalized spacial score (nSPS) is 13.7. The van der Waals surface area contributed by atoms with Crippen LogP contribution in [0.1, 0.15) is 41.0 Å². The molecule has 5 nitrogen and oxygen atoms in total. The molecule has 0 aliphatic carbocycles. The maximum atomic E-state index is 11.1. The fourth-order valence-electron chi connectivity index (χ4n) is 2.39. The second-order valence-corrected chi connectivity index (χ2v) is 6.93. The van der Waals surface area contributed by atoms with Crippen molar-refractivity contribution in [1.29, 1.82) is 0 Å². The van der Waals surface area contributed by atoms with Gasteiger partial charge >= 0.3 is 0 Å². The number of hydrogen-bond donors (Lipinski definition) is 2. The van der Waals surface area contributed by atoms with E-state index in [1.54, 1.807) is 35.8 Å². The van der Waals surface area contributed by atoms with Crippen LogP contribution in [-0.2, 0) is 0 Å². The predicted molar refractivity (Wildman–Crippen MR) is 92.7 cm³/mol. The molecule has 2 aromatic rings. The lowest BCUT2D eigenvalue weighted by Gasteiger charge is -2.21. The van der Waals surface area contributed by atoms with Gasteiger partial charge < -0.3 is 15.4 Å². The average Bonchev–Trinajstić information content (AvgIpc) is 2.96. The van der Waals surface area contributed by atoms with Crippen molar-refractivity contribution in [3.63, 3.8) is 0 Å². The second-order valence-electron chi connectivity index (χ2n) is 5.76. The standard InChI is InChI=1S/C17H23N3O2S/c1-11-4-5-14(8-12(11)2)23-7-6-16(13(3)21)20-9-15(17(18)22)19-10-20/h4-5,8-10,13,16,21H,6-7H2,1-3H3,(H2,18,22)/t13-,16+/m0/s1. The maximum absolute atomic E-state index is 11.1. The monoisotopic (exact) mass is 333 g/mol. The Morgan fingerprint density at radius 1 is 1.39 bits per heavy atom. The van der Waals surface area contributed by atoms with Gasteiger partial charge in [-0.2, -0.15) is 0 Å². The van der Waals surface area contributed by atoms with Crippen molar-refractivity contribution in [1.82, 2.24) is 9.55 Å². The van der Waals surface area contributed by atoms with E-state index in [2.05, 4.69) is 37.0 Å². The minimum Gasteiger partial charge on any atom is -0.391 e. The number of nitrogens with zero attached hydrogens (tertiary/aromatic N) is 2. The van der Waals surface area contributed by atoms with Crippen molar-refractivity contribution in [2.24, 2.45) is 5.73 Å². The summed E-state index contributed by atoms with van der Waals surface area (Å²) in [5.74, 6) is 0.305. The van der Waals surface area contributed by atoms with Crippen molar-refractivity contribution < 1.29 is 9.90 Å². The second kappa shape index (κ2) is 7.66. The van der Waals surface area contributed by atoms with Crippen molar-refractivity contribution in [3.05, 3.63) is 47.5 Å². The van der Waals surface area contributed by atoms with E-state index >= 15 is 0 Å². The lowest BCUT2D eigenvalue weighted by atomic mass is 10.1. The molecule has 124 valence electrons. The van der Waals surface area contributed by atoms with Crippen LogP contribution in [0.4, 0.5) is 0 Å². The van der Waals surface area contributed by atoms with E-state index in [4.69, 9.17) is 5.73 Å². The van der Waals surface area contributed by atoms with E-state index in [0.717, 1.165) is 12.2 Å². The number of aliphatic hydroxyl groups is 1. The maximum Gasteiger partial charge on any atom is 0.268 e. The third kappa shape index (κ3) is 4.59. The molecular formula is C17H23N3O2S. The molecule has 0 saturated heterocycles. The van der Waals surface area contributed by atoms with E-state index in [-0.39, 0.29) is 11.7 Å². The highest BCUT2D eigenvalue weighted by molar-refractivity contribution is 7.99. The Bertz CT molecular complexity index is 682. The van der Waals surface area contributed by atoms with Gasteiger partial charge in [0, 0.05) is 16.8 Å². The molecule has 1 aromatic heterocycles. The van der Waals surface area contributed by atoms with Gasteiger partial charge in [0.1, 0.15) is 5.69 Å². The Hall–Kier alpha value is -1.79. The highest BCUT2D eigenvalue weighted by atomic mass is 32.2. The lowest BCUT2D eigenvalue weighted by Crippen LogP contribution is -2.21. The van der Waals surface area contributed by atoms with Gasteiger partial charge in [-0.25, -0.2) is 4.98 Å². The van der Waals surface area contributed by atoms with Gasteiger partial charge in [-0.3, -0.25) is 4.79 Å². The molecule has 23 heavy (non-hydrogen) atoms. The molecule has 1 amide bonds. The number of amides is 1. The number of aryl methyl sites for hydroxylation is 2. The molecule has 2 atom stereocenters. The highest BCUT2D eigenvalue weighted by Gasteiger charge is 2.18. The summed E-state index contributed by atoms with van der Waals surface area (Å²) in [5.41, 5.74) is 8.01. The molecule has 0 saturated carbocycles. The van der Waals surface area contributed by atoms with Crippen LogP contribution in [0.3, 0.4) is 0 Å². The summed E-state index contributed by atoms with van der Waals surface area (Å²) in [7, 11) is 0. The molecule has 2 rings (SSSR count). The quantitative estimate of drug-likeness (QED) is 0.763. The molecule has 0 aliphatic heterocycles. The Balaban J connectivity index is 1.99. The molecule has 0 radical (unpaired) electrons. The molecule has 3 N–H and O–H groups in total. The van der Waals surface area contributed by atoms with Crippen LogP contribution in [0.25, 0.3) is 0 Å². The van der Waals surface area contributed by atoms with Gasteiger partial charge in [0.05, 0.1) is 18.5 Å². The van der Waals surface area contributed by atoms with Crippen LogP contribution >= 0.6 is 11.8 Å². The summed E-state index contributed by atoms with van der Waals surface area (Å²) in [5, 5.41) is 10.0. The zero-order valence-corrected chi connectivity index (χ0v) is 14.5. The van der Waals surface area contributed by atoms with Crippen LogP contribution in [-0.4, -0.2) is 32.4 Å². The Morgan fingerprint density at radius 2 is 2.13 bits per heavy atom. The molecule has 0 spiro atoms. The third-order valence-electron chi connectivity index (χ3n) is 3.95. The number of carbonyl (C=O) groups is 1. The molecule has 0 aliphatic rings. The van der Waals surface area contributed by atoms with E-state index in [9.17, 15) is 9.90 Å². The van der Waals surface area contributed by atoms with Crippen LogP contribution < -0.4 is 5.73 Å². The first-order valence-corrected chi connectivity index (χ1v) is 8.58. The van der Waals surface area contributed by atoms with Crippen molar-refractivity contribution in [2.45, 2.75) is 44.2 Å². The Labute approximate surface area is 140 Å². The number of aliphatic hydroxyl groups excluding tert-OH is 1. The molecule has 6 heteroatoms. The smallest absolute Gasteiger partial charge is 0.268 e. The summed E-state index contributed by atoms with van der Waals surface area (Å²) in [4.78, 5) is 16.3. The topological polar surface area (TPSA) is 81.1 Å². The van der Waals surface area contributed by atoms with Crippen LogP contribution in [0, 0.1) is 13.8 Å². The number of thioether (sulfide) groups is 1. The average molecular weight is 333 g/mol. The van der Waals surface area contributed by atoms with Gasteiger partial charge in [-0.1, -0.05) is 6.07 Å². The fraction of sp³-hybridized carbons (Fsp3) is 0.412. The zero-order valence-electron chi connectivity index (χ0n) is 13.7. The lowest BCUT2D eigenvalue weighted by molar-refractivity contribution is 0.0994. The SMILES string of the molecule is Cc1ccc(SCC[C@H]([C@H](C)O)n2cnc(C(N)=O)c2)cc1C. The number of imidazole rings is 1. The van der Waals surface area contributed by atoms with Gasteiger partial charge in [0.15, 0.2) is 0 Å². The summed E-state index contributed by atoms with van der Waals surface area (Å²) < 4.78 is 1.77. The van der Waals surface area contributed by atoms with Crippen LogP contribution in [0.15, 0.2) is 35.6 Å². The van der Waals surface area contributed by atoms with Gasteiger partial charge in [0.25, 0.3) is 5.91 Å². The summed E-state index contributed by atoms with van der Waals surface area (Å²) >= 11 is 1.76. The van der Waals surface area contributed by atoms with E-state index in [1.807, 2.05) is 0 Å². The minimum atomic E-state index is -0.558. The van der Waals surface area contributed by atoms with Crippen LogP contribution in [0.2, 0.25) is 0 Å².